The molecule has 1 fully saturated rings. The van der Waals surface area contributed by atoms with Crippen LogP contribution in [-0.4, -0.2) is 60.6 Å². The van der Waals surface area contributed by atoms with Crippen molar-refractivity contribution >= 4 is 16.6 Å². The molecule has 0 amide bonds. The summed E-state index contributed by atoms with van der Waals surface area (Å²) in [5.41, 5.74) is 3.29. The molecule has 0 N–H and O–H groups in total. The number of benzene rings is 1. The molecule has 1 aliphatic heterocycles. The Bertz CT molecular complexity index is 1230. The van der Waals surface area contributed by atoms with Gasteiger partial charge in [0.2, 0.25) is 0 Å². The normalized spacial score (nSPS) is 15.5. The molecule has 0 radical (unpaired) electrons. The van der Waals surface area contributed by atoms with Gasteiger partial charge in [0, 0.05) is 36.1 Å². The fourth-order valence-electron chi connectivity index (χ4n) is 4.13. The van der Waals surface area contributed by atoms with Gasteiger partial charge in [0.15, 0.2) is 5.78 Å². The lowest BCUT2D eigenvalue weighted by Crippen LogP contribution is -2.31. The highest BCUT2D eigenvalue weighted by Gasteiger charge is 2.21. The van der Waals surface area contributed by atoms with Crippen molar-refractivity contribution in [1.29, 1.82) is 0 Å². The van der Waals surface area contributed by atoms with E-state index in [1.165, 1.54) is 0 Å². The number of rotatable bonds is 5. The van der Waals surface area contributed by atoms with Gasteiger partial charge < -0.3 is 4.90 Å². The van der Waals surface area contributed by atoms with E-state index in [2.05, 4.69) is 44.5 Å². The predicted octanol–water partition coefficient (Wildman–Crippen LogP) is 2.92. The molecular formula is C23H25N7O. The van der Waals surface area contributed by atoms with Crippen LogP contribution in [0.2, 0.25) is 0 Å². The molecule has 0 bridgehead atoms. The summed E-state index contributed by atoms with van der Waals surface area (Å²) in [7, 11) is 4.03. The Kier molecular flexibility index (Phi) is 5.07. The van der Waals surface area contributed by atoms with Gasteiger partial charge in [0.25, 0.3) is 0 Å². The van der Waals surface area contributed by atoms with Crippen molar-refractivity contribution in [3.63, 3.8) is 0 Å². The Morgan fingerprint density at radius 2 is 1.87 bits per heavy atom. The molecule has 158 valence electrons. The molecule has 0 aliphatic carbocycles. The van der Waals surface area contributed by atoms with Crippen LogP contribution in [0.4, 0.5) is 0 Å². The van der Waals surface area contributed by atoms with Crippen LogP contribution < -0.4 is 0 Å². The standard InChI is InChI=1S/C23H25N7O/c1-28-7-5-21(6-8-28)30-15-22(26-27-30)23(31)11-20-10-18-9-16(3-4-17(18)12-24-20)19-13-25-29(2)14-19/h3-4,9-10,12-15,21H,5-8,11H2,1-2H3. The second-order valence-corrected chi connectivity index (χ2v) is 8.36. The van der Waals surface area contributed by atoms with E-state index in [1.807, 2.05) is 42.5 Å². The molecule has 31 heavy (non-hydrogen) atoms. The maximum absolute atomic E-state index is 12.8. The highest BCUT2D eigenvalue weighted by molar-refractivity contribution is 5.96. The topological polar surface area (TPSA) is 81.7 Å². The molecule has 4 aromatic rings. The lowest BCUT2D eigenvalue weighted by Gasteiger charge is -2.28. The summed E-state index contributed by atoms with van der Waals surface area (Å²) in [6.45, 7) is 2.08. The molecule has 1 aliphatic rings. The first-order chi connectivity index (χ1) is 15.0. The molecule has 0 unspecified atom stereocenters. The van der Waals surface area contributed by atoms with Gasteiger partial charge in [-0.05, 0) is 56.1 Å². The molecule has 1 aromatic carbocycles. The molecular weight excluding hydrogens is 390 g/mol. The number of piperidine rings is 1. The third kappa shape index (κ3) is 4.11. The van der Waals surface area contributed by atoms with E-state index >= 15 is 0 Å². The van der Waals surface area contributed by atoms with Crippen molar-refractivity contribution in [2.45, 2.75) is 25.3 Å². The molecule has 0 saturated carbocycles. The van der Waals surface area contributed by atoms with E-state index in [4.69, 9.17) is 0 Å². The minimum atomic E-state index is -0.0607. The number of aromatic nitrogens is 6. The number of hydrogen-bond donors (Lipinski definition) is 0. The first-order valence-corrected chi connectivity index (χ1v) is 10.6. The van der Waals surface area contributed by atoms with Gasteiger partial charge in [-0.2, -0.15) is 5.10 Å². The number of nitrogens with zero attached hydrogens (tertiary/aromatic N) is 7. The number of fused-ring (bicyclic) bond motifs is 1. The van der Waals surface area contributed by atoms with Gasteiger partial charge in [-0.1, -0.05) is 17.3 Å². The van der Waals surface area contributed by atoms with Gasteiger partial charge in [-0.15, -0.1) is 5.10 Å². The van der Waals surface area contributed by atoms with E-state index in [9.17, 15) is 4.79 Å². The van der Waals surface area contributed by atoms with Crippen LogP contribution in [0.5, 0.6) is 0 Å². The minimum Gasteiger partial charge on any atom is -0.306 e. The fraction of sp³-hybridized carbons (Fsp3) is 0.348. The third-order valence-electron chi connectivity index (χ3n) is 6.02. The molecule has 5 rings (SSSR count). The second-order valence-electron chi connectivity index (χ2n) is 8.36. The molecule has 8 nitrogen and oxygen atoms in total. The Hall–Kier alpha value is -3.39. The van der Waals surface area contributed by atoms with Crippen molar-refractivity contribution in [2.75, 3.05) is 20.1 Å². The van der Waals surface area contributed by atoms with Gasteiger partial charge in [0.05, 0.1) is 24.9 Å². The Morgan fingerprint density at radius 3 is 2.65 bits per heavy atom. The first kappa shape index (κ1) is 19.6. The number of pyridine rings is 1. The van der Waals surface area contributed by atoms with Crippen molar-refractivity contribution in [2.24, 2.45) is 7.05 Å². The molecule has 4 heterocycles. The van der Waals surface area contributed by atoms with Crippen LogP contribution in [-0.2, 0) is 13.5 Å². The summed E-state index contributed by atoms with van der Waals surface area (Å²) in [5, 5.41) is 14.7. The average Bonchev–Trinajstić information content (AvgIpc) is 3.43. The van der Waals surface area contributed by atoms with Crippen LogP contribution >= 0.6 is 0 Å². The van der Waals surface area contributed by atoms with E-state index in [0.717, 1.165) is 53.5 Å². The van der Waals surface area contributed by atoms with Crippen molar-refractivity contribution < 1.29 is 4.79 Å². The number of ketones is 1. The minimum absolute atomic E-state index is 0.0607. The van der Waals surface area contributed by atoms with Crippen molar-refractivity contribution in [1.82, 2.24) is 34.7 Å². The molecule has 0 spiro atoms. The van der Waals surface area contributed by atoms with E-state index in [0.29, 0.717) is 11.7 Å². The van der Waals surface area contributed by atoms with E-state index in [1.54, 1.807) is 10.9 Å². The van der Waals surface area contributed by atoms with Crippen LogP contribution in [0.15, 0.2) is 49.1 Å². The number of carbonyl (C=O) groups excluding carboxylic acids is 1. The maximum Gasteiger partial charge on any atom is 0.190 e. The highest BCUT2D eigenvalue weighted by Crippen LogP contribution is 2.25. The average molecular weight is 416 g/mol. The Labute approximate surface area is 180 Å². The molecule has 8 heteroatoms. The predicted molar refractivity (Wildman–Crippen MR) is 118 cm³/mol. The molecule has 0 atom stereocenters. The number of carbonyl (C=O) groups is 1. The largest absolute Gasteiger partial charge is 0.306 e. The SMILES string of the molecule is CN1CCC(n2cc(C(=O)Cc3cc4cc(-c5cnn(C)c5)ccc4cn3)nn2)CC1. The highest BCUT2D eigenvalue weighted by atomic mass is 16.1. The zero-order valence-electron chi connectivity index (χ0n) is 17.8. The summed E-state index contributed by atoms with van der Waals surface area (Å²) in [5.74, 6) is -0.0607. The van der Waals surface area contributed by atoms with Gasteiger partial charge >= 0.3 is 0 Å². The smallest absolute Gasteiger partial charge is 0.190 e. The van der Waals surface area contributed by atoms with E-state index in [-0.39, 0.29) is 12.2 Å². The number of likely N-dealkylation sites (tertiary alicyclic amines) is 1. The van der Waals surface area contributed by atoms with Crippen LogP contribution in [0.25, 0.3) is 21.9 Å². The summed E-state index contributed by atoms with van der Waals surface area (Å²) in [6.07, 6.45) is 9.71. The Balaban J connectivity index is 1.33. The number of aryl methyl sites for hydroxylation is 1. The van der Waals surface area contributed by atoms with Crippen LogP contribution in [0.3, 0.4) is 0 Å². The van der Waals surface area contributed by atoms with Gasteiger partial charge in [0.1, 0.15) is 5.69 Å². The fourth-order valence-corrected chi connectivity index (χ4v) is 4.13. The number of Topliss-reactive ketones (excluding diaryl/α,β-unsaturated/α-hetero) is 1. The third-order valence-corrected chi connectivity index (χ3v) is 6.02. The molecule has 1 saturated heterocycles. The van der Waals surface area contributed by atoms with Crippen LogP contribution in [0, 0.1) is 0 Å². The lowest BCUT2D eigenvalue weighted by molar-refractivity contribution is 0.0987. The molecule has 3 aromatic heterocycles. The zero-order chi connectivity index (χ0) is 21.4. The maximum atomic E-state index is 12.8. The van der Waals surface area contributed by atoms with Crippen molar-refractivity contribution in [3.05, 3.63) is 60.4 Å². The lowest BCUT2D eigenvalue weighted by atomic mass is 10.0. The summed E-state index contributed by atoms with van der Waals surface area (Å²) in [4.78, 5) is 19.6. The summed E-state index contributed by atoms with van der Waals surface area (Å²) in [6, 6.07) is 8.51. The van der Waals surface area contributed by atoms with Gasteiger partial charge in [-0.25, -0.2) is 4.68 Å². The zero-order valence-corrected chi connectivity index (χ0v) is 17.8. The monoisotopic (exact) mass is 415 g/mol. The van der Waals surface area contributed by atoms with Gasteiger partial charge in [-0.3, -0.25) is 14.5 Å². The van der Waals surface area contributed by atoms with Crippen molar-refractivity contribution in [3.8, 4) is 11.1 Å². The second kappa shape index (κ2) is 8.03. The summed E-state index contributed by atoms with van der Waals surface area (Å²) >= 11 is 0. The Morgan fingerprint density at radius 1 is 1.03 bits per heavy atom. The first-order valence-electron chi connectivity index (χ1n) is 10.6. The summed E-state index contributed by atoms with van der Waals surface area (Å²) < 4.78 is 3.64. The van der Waals surface area contributed by atoms with Crippen LogP contribution in [0.1, 0.15) is 35.1 Å². The number of hydrogen-bond acceptors (Lipinski definition) is 6. The quantitative estimate of drug-likeness (QED) is 0.466. The van der Waals surface area contributed by atoms with E-state index < -0.39 is 0 Å².